The Morgan fingerprint density at radius 1 is 1.00 bits per heavy atom. The minimum atomic E-state index is 0.312. The second kappa shape index (κ2) is 5.00. The van der Waals surface area contributed by atoms with Crippen LogP contribution in [-0.2, 0) is 0 Å². The van der Waals surface area contributed by atoms with Crippen molar-refractivity contribution in [3.8, 4) is 11.5 Å². The molecule has 82 valence electrons. The normalized spacial score (nSPS) is 10.5. The Morgan fingerprint density at radius 3 is 2.12 bits per heavy atom. The molecule has 7 heteroatoms. The average molecular weight is 386 g/mol. The van der Waals surface area contributed by atoms with Crippen molar-refractivity contribution in [2.75, 3.05) is 0 Å². The second-order valence-electron chi connectivity index (χ2n) is 2.80. The lowest BCUT2D eigenvalue weighted by Gasteiger charge is -2.02. The van der Waals surface area contributed by atoms with Crippen LogP contribution in [-0.4, -0.2) is 15.0 Å². The predicted molar refractivity (Wildman–Crippen MR) is 73.0 cm³/mol. The largest absolute Gasteiger partial charge is 0.251 e. The van der Waals surface area contributed by atoms with E-state index >= 15 is 0 Å². The van der Waals surface area contributed by atoms with Crippen LogP contribution in [0.15, 0.2) is 18.3 Å². The summed E-state index contributed by atoms with van der Waals surface area (Å²) in [4.78, 5) is 12.3. The van der Waals surface area contributed by atoms with Gasteiger partial charge in [0.15, 0.2) is 5.82 Å². The zero-order chi connectivity index (χ0) is 11.7. The first-order valence-corrected chi connectivity index (χ1v) is 6.29. The maximum absolute atomic E-state index is 5.90. The molecule has 0 unspecified atom stereocenters. The van der Waals surface area contributed by atoms with Gasteiger partial charge in [-0.25, -0.2) is 9.97 Å². The molecule has 0 aliphatic rings. The van der Waals surface area contributed by atoms with Crippen molar-refractivity contribution in [2.24, 2.45) is 0 Å². The van der Waals surface area contributed by atoms with Crippen molar-refractivity contribution in [3.63, 3.8) is 0 Å². The van der Waals surface area contributed by atoms with E-state index in [1.54, 1.807) is 12.1 Å². The molecule has 0 saturated carbocycles. The summed E-state index contributed by atoms with van der Waals surface area (Å²) in [7, 11) is 0. The highest BCUT2D eigenvalue weighted by atomic mass is 127. The van der Waals surface area contributed by atoms with Gasteiger partial charge in [-0.2, -0.15) is 0 Å². The lowest BCUT2D eigenvalue weighted by atomic mass is 10.3. The molecule has 2 rings (SSSR count). The fourth-order valence-corrected chi connectivity index (χ4v) is 1.76. The van der Waals surface area contributed by atoms with Gasteiger partial charge in [-0.15, -0.1) is 0 Å². The van der Waals surface area contributed by atoms with Crippen LogP contribution in [0.2, 0.25) is 15.3 Å². The highest BCUT2D eigenvalue weighted by molar-refractivity contribution is 14.1. The number of hydrogen-bond donors (Lipinski definition) is 0. The molecule has 0 bridgehead atoms. The van der Waals surface area contributed by atoms with Gasteiger partial charge in [-0.1, -0.05) is 34.8 Å². The highest BCUT2D eigenvalue weighted by Gasteiger charge is 2.11. The molecule has 0 N–H and O–H groups in total. The maximum Gasteiger partial charge on any atom is 0.181 e. The molecule has 0 aliphatic carbocycles. The first kappa shape index (κ1) is 12.3. The van der Waals surface area contributed by atoms with Gasteiger partial charge >= 0.3 is 0 Å². The number of halogens is 4. The fraction of sp³-hybridized carbons (Fsp3) is 0. The summed E-state index contributed by atoms with van der Waals surface area (Å²) in [6.07, 6.45) is 1.51. The summed E-state index contributed by atoms with van der Waals surface area (Å²) in [5.41, 5.74) is 0.574. The molecule has 0 amide bonds. The molecule has 0 aromatic carbocycles. The van der Waals surface area contributed by atoms with Crippen molar-refractivity contribution < 1.29 is 0 Å². The van der Waals surface area contributed by atoms with E-state index in [0.717, 1.165) is 0 Å². The quantitative estimate of drug-likeness (QED) is 0.547. The van der Waals surface area contributed by atoms with E-state index in [-0.39, 0.29) is 0 Å². The Bertz CT molecular complexity index is 507. The molecular weight excluding hydrogens is 383 g/mol. The smallest absolute Gasteiger partial charge is 0.181 e. The molecule has 0 aliphatic heterocycles. The first-order chi connectivity index (χ1) is 7.58. The molecule has 0 spiro atoms. The number of hydrogen-bond acceptors (Lipinski definition) is 3. The summed E-state index contributed by atoms with van der Waals surface area (Å²) in [6, 6.07) is 3.41. The Hall–Kier alpha value is -0.170. The van der Waals surface area contributed by atoms with E-state index in [4.69, 9.17) is 34.8 Å². The van der Waals surface area contributed by atoms with Crippen LogP contribution in [0.4, 0.5) is 0 Å². The lowest BCUT2D eigenvalue weighted by molar-refractivity contribution is 1.13. The van der Waals surface area contributed by atoms with Gasteiger partial charge in [0, 0.05) is 6.20 Å². The van der Waals surface area contributed by atoms with E-state index in [1.165, 1.54) is 6.20 Å². The van der Waals surface area contributed by atoms with Crippen LogP contribution < -0.4 is 0 Å². The van der Waals surface area contributed by atoms with Crippen LogP contribution in [0, 0.1) is 3.57 Å². The highest BCUT2D eigenvalue weighted by Crippen LogP contribution is 2.26. The number of pyridine rings is 1. The molecule has 3 nitrogen and oxygen atoms in total. The Balaban J connectivity index is 2.52. The van der Waals surface area contributed by atoms with Crippen LogP contribution in [0.25, 0.3) is 11.5 Å². The molecule has 2 heterocycles. The van der Waals surface area contributed by atoms with Crippen LogP contribution in [0.3, 0.4) is 0 Å². The van der Waals surface area contributed by atoms with Gasteiger partial charge in [-0.3, -0.25) is 4.98 Å². The van der Waals surface area contributed by atoms with Crippen LogP contribution in [0.5, 0.6) is 0 Å². The lowest BCUT2D eigenvalue weighted by Crippen LogP contribution is -1.95. The zero-order valence-corrected chi connectivity index (χ0v) is 12.0. The Kier molecular flexibility index (Phi) is 3.84. The first-order valence-electron chi connectivity index (χ1n) is 4.08. The predicted octanol–water partition coefficient (Wildman–Crippen LogP) is 4.10. The molecule has 2 aromatic rings. The van der Waals surface area contributed by atoms with Crippen molar-refractivity contribution in [1.29, 1.82) is 0 Å². The minimum absolute atomic E-state index is 0.312. The molecule has 0 radical (unpaired) electrons. The molecule has 0 fully saturated rings. The third kappa shape index (κ3) is 2.56. The SMILES string of the molecule is Clc1ccc(-c2nc(Cl)c(I)c(Cl)n2)nc1. The topological polar surface area (TPSA) is 38.7 Å². The van der Waals surface area contributed by atoms with Gasteiger partial charge in [0.2, 0.25) is 0 Å². The third-order valence-electron chi connectivity index (χ3n) is 1.73. The molecule has 0 saturated heterocycles. The molecule has 0 atom stereocenters. The van der Waals surface area contributed by atoms with Gasteiger partial charge in [0.25, 0.3) is 0 Å². The summed E-state index contributed by atoms with van der Waals surface area (Å²) >= 11 is 19.5. The van der Waals surface area contributed by atoms with Crippen molar-refractivity contribution >= 4 is 57.4 Å². The maximum atomic E-state index is 5.90. The van der Waals surface area contributed by atoms with Gasteiger partial charge < -0.3 is 0 Å². The Labute approximate surface area is 120 Å². The fourth-order valence-electron chi connectivity index (χ4n) is 1.02. The van der Waals surface area contributed by atoms with E-state index in [2.05, 4.69) is 15.0 Å². The van der Waals surface area contributed by atoms with Crippen LogP contribution >= 0.6 is 57.4 Å². The van der Waals surface area contributed by atoms with Gasteiger partial charge in [-0.05, 0) is 34.7 Å². The summed E-state index contributed by atoms with van der Waals surface area (Å²) in [5, 5.41) is 1.17. The van der Waals surface area contributed by atoms with Crippen LogP contribution in [0.1, 0.15) is 0 Å². The van der Waals surface area contributed by atoms with Crippen molar-refractivity contribution in [3.05, 3.63) is 37.2 Å². The van der Waals surface area contributed by atoms with E-state index in [9.17, 15) is 0 Å². The third-order valence-corrected chi connectivity index (χ3v) is 4.16. The monoisotopic (exact) mass is 385 g/mol. The van der Waals surface area contributed by atoms with E-state index < -0.39 is 0 Å². The number of rotatable bonds is 1. The second-order valence-corrected chi connectivity index (χ2v) is 5.04. The molecular formula is C9H3Cl3IN3. The molecule has 2 aromatic heterocycles. The van der Waals surface area contributed by atoms with Crippen molar-refractivity contribution in [1.82, 2.24) is 15.0 Å². The standard InChI is InChI=1S/C9H3Cl3IN3/c10-4-1-2-5(14-3-4)9-15-7(11)6(13)8(12)16-9/h1-3H. The minimum Gasteiger partial charge on any atom is -0.251 e. The average Bonchev–Trinajstić information content (AvgIpc) is 2.26. The summed E-state index contributed by atoms with van der Waals surface area (Å²) < 4.78 is 0.624. The van der Waals surface area contributed by atoms with E-state index in [0.29, 0.717) is 30.4 Å². The Morgan fingerprint density at radius 2 is 1.62 bits per heavy atom. The number of aromatic nitrogens is 3. The van der Waals surface area contributed by atoms with Crippen molar-refractivity contribution in [2.45, 2.75) is 0 Å². The van der Waals surface area contributed by atoms with Gasteiger partial charge in [0.05, 0.1) is 8.59 Å². The van der Waals surface area contributed by atoms with Gasteiger partial charge in [0.1, 0.15) is 16.0 Å². The number of nitrogens with zero attached hydrogens (tertiary/aromatic N) is 3. The summed E-state index contributed by atoms with van der Waals surface area (Å²) in [5.74, 6) is 0.382. The zero-order valence-electron chi connectivity index (χ0n) is 7.59. The summed E-state index contributed by atoms with van der Waals surface area (Å²) in [6.45, 7) is 0. The molecule has 16 heavy (non-hydrogen) atoms. The van der Waals surface area contributed by atoms with E-state index in [1.807, 2.05) is 22.6 Å².